The molecule has 0 aliphatic carbocycles. The normalized spacial score (nSPS) is 15.1. The standard InChI is InChI=1S/C10H19N3S2/c1-4-8(3)9(11-5-2)6-14-10-12-7-13-15-10/h7-9,11H,4-6H2,1-3H3. The van der Waals surface area contributed by atoms with Crippen molar-refractivity contribution in [3.63, 3.8) is 0 Å². The molecule has 86 valence electrons. The van der Waals surface area contributed by atoms with Gasteiger partial charge in [0.05, 0.1) is 0 Å². The summed E-state index contributed by atoms with van der Waals surface area (Å²) in [4.78, 5) is 4.18. The number of nitrogens with one attached hydrogen (secondary N) is 1. The Labute approximate surface area is 100 Å². The van der Waals surface area contributed by atoms with Crippen molar-refractivity contribution in [1.82, 2.24) is 14.7 Å². The molecule has 3 nitrogen and oxygen atoms in total. The molecule has 1 aromatic rings. The predicted octanol–water partition coefficient (Wildman–Crippen LogP) is 2.65. The van der Waals surface area contributed by atoms with Gasteiger partial charge < -0.3 is 5.32 Å². The van der Waals surface area contributed by atoms with Crippen LogP contribution in [0.15, 0.2) is 10.7 Å². The molecule has 0 radical (unpaired) electrons. The first kappa shape index (κ1) is 12.9. The molecule has 0 saturated carbocycles. The van der Waals surface area contributed by atoms with Crippen LogP contribution in [0.4, 0.5) is 0 Å². The van der Waals surface area contributed by atoms with Crippen LogP contribution in [-0.2, 0) is 0 Å². The minimum Gasteiger partial charge on any atom is -0.313 e. The quantitative estimate of drug-likeness (QED) is 0.750. The summed E-state index contributed by atoms with van der Waals surface area (Å²) < 4.78 is 5.07. The van der Waals surface area contributed by atoms with Crippen molar-refractivity contribution in [1.29, 1.82) is 0 Å². The smallest absolute Gasteiger partial charge is 0.169 e. The van der Waals surface area contributed by atoms with Crippen molar-refractivity contribution >= 4 is 23.3 Å². The largest absolute Gasteiger partial charge is 0.313 e. The maximum Gasteiger partial charge on any atom is 0.169 e. The molecule has 0 bridgehead atoms. The summed E-state index contributed by atoms with van der Waals surface area (Å²) in [5.41, 5.74) is 0. The third kappa shape index (κ3) is 4.49. The number of hydrogen-bond acceptors (Lipinski definition) is 5. The number of rotatable bonds is 7. The number of aromatic nitrogens is 2. The van der Waals surface area contributed by atoms with Gasteiger partial charge in [0.2, 0.25) is 0 Å². The van der Waals surface area contributed by atoms with E-state index >= 15 is 0 Å². The zero-order chi connectivity index (χ0) is 11.1. The Hall–Kier alpha value is -0.130. The summed E-state index contributed by atoms with van der Waals surface area (Å²) >= 11 is 3.28. The van der Waals surface area contributed by atoms with Gasteiger partial charge in [0.1, 0.15) is 6.33 Å². The highest BCUT2D eigenvalue weighted by Crippen LogP contribution is 2.22. The van der Waals surface area contributed by atoms with Crippen LogP contribution < -0.4 is 5.32 Å². The van der Waals surface area contributed by atoms with Crippen molar-refractivity contribution in [2.45, 2.75) is 37.6 Å². The predicted molar refractivity (Wildman–Crippen MR) is 67.6 cm³/mol. The first-order valence-corrected chi connectivity index (χ1v) is 7.16. The van der Waals surface area contributed by atoms with Gasteiger partial charge in [-0.2, -0.15) is 4.37 Å². The molecule has 1 heterocycles. The van der Waals surface area contributed by atoms with Crippen molar-refractivity contribution in [2.75, 3.05) is 12.3 Å². The number of hydrogen-bond donors (Lipinski definition) is 1. The Balaban J connectivity index is 2.37. The summed E-state index contributed by atoms with van der Waals surface area (Å²) in [6, 6.07) is 0.578. The molecule has 5 heteroatoms. The fraction of sp³-hybridized carbons (Fsp3) is 0.800. The van der Waals surface area contributed by atoms with E-state index < -0.39 is 0 Å². The third-order valence-electron chi connectivity index (χ3n) is 2.52. The van der Waals surface area contributed by atoms with Crippen LogP contribution in [0.5, 0.6) is 0 Å². The summed E-state index contributed by atoms with van der Waals surface area (Å²) in [5, 5.41) is 3.53. The lowest BCUT2D eigenvalue weighted by atomic mass is 10.0. The van der Waals surface area contributed by atoms with Gasteiger partial charge >= 0.3 is 0 Å². The van der Waals surface area contributed by atoms with Gasteiger partial charge in [-0.1, -0.05) is 39.0 Å². The molecule has 0 spiro atoms. The second-order valence-electron chi connectivity index (χ2n) is 3.57. The van der Waals surface area contributed by atoms with Crippen LogP contribution in [0.2, 0.25) is 0 Å². The molecule has 0 saturated heterocycles. The van der Waals surface area contributed by atoms with Crippen molar-refractivity contribution in [3.05, 3.63) is 6.33 Å². The van der Waals surface area contributed by atoms with E-state index in [1.807, 2.05) is 0 Å². The second kappa shape index (κ2) is 7.19. The minimum atomic E-state index is 0.578. The van der Waals surface area contributed by atoms with Crippen molar-refractivity contribution in [3.8, 4) is 0 Å². The van der Waals surface area contributed by atoms with E-state index in [-0.39, 0.29) is 0 Å². The molecule has 2 atom stereocenters. The average Bonchev–Trinajstić information content (AvgIpc) is 2.76. The molecule has 2 unspecified atom stereocenters. The molecule has 0 aliphatic heterocycles. The van der Waals surface area contributed by atoms with Crippen molar-refractivity contribution < 1.29 is 0 Å². The van der Waals surface area contributed by atoms with E-state index in [0.29, 0.717) is 12.0 Å². The van der Waals surface area contributed by atoms with E-state index in [4.69, 9.17) is 0 Å². The Bertz CT molecular complexity index is 251. The first-order valence-electron chi connectivity index (χ1n) is 5.40. The van der Waals surface area contributed by atoms with Crippen LogP contribution in [0, 0.1) is 5.92 Å². The molecule has 15 heavy (non-hydrogen) atoms. The minimum absolute atomic E-state index is 0.578. The number of thioether (sulfide) groups is 1. The summed E-state index contributed by atoms with van der Waals surface area (Å²) in [6.07, 6.45) is 2.84. The summed E-state index contributed by atoms with van der Waals surface area (Å²) in [6.45, 7) is 7.73. The zero-order valence-electron chi connectivity index (χ0n) is 9.56. The van der Waals surface area contributed by atoms with Crippen LogP contribution in [0.3, 0.4) is 0 Å². The lowest BCUT2D eigenvalue weighted by Crippen LogP contribution is -2.36. The Morgan fingerprint density at radius 2 is 2.33 bits per heavy atom. The highest BCUT2D eigenvalue weighted by molar-refractivity contribution is 8.00. The molecular formula is C10H19N3S2. The zero-order valence-corrected chi connectivity index (χ0v) is 11.2. The lowest BCUT2D eigenvalue weighted by Gasteiger charge is -2.22. The molecule has 0 aromatic carbocycles. The van der Waals surface area contributed by atoms with Crippen LogP contribution >= 0.6 is 23.3 Å². The van der Waals surface area contributed by atoms with E-state index in [9.17, 15) is 0 Å². The molecular weight excluding hydrogens is 226 g/mol. The van der Waals surface area contributed by atoms with Gasteiger partial charge in [-0.25, -0.2) is 4.98 Å². The van der Waals surface area contributed by atoms with E-state index in [1.165, 1.54) is 18.0 Å². The van der Waals surface area contributed by atoms with Crippen LogP contribution in [-0.4, -0.2) is 27.7 Å². The third-order valence-corrected chi connectivity index (χ3v) is 4.44. The topological polar surface area (TPSA) is 37.8 Å². The molecule has 0 aliphatic rings. The SMILES string of the molecule is CCNC(CSc1ncns1)C(C)CC. The van der Waals surface area contributed by atoms with Crippen molar-refractivity contribution in [2.24, 2.45) is 5.92 Å². The maximum absolute atomic E-state index is 4.18. The van der Waals surface area contributed by atoms with Crippen LogP contribution in [0.1, 0.15) is 27.2 Å². The van der Waals surface area contributed by atoms with Gasteiger partial charge in [0, 0.05) is 11.8 Å². The first-order chi connectivity index (χ1) is 7.27. The fourth-order valence-electron chi connectivity index (χ4n) is 1.36. The molecule has 0 amide bonds. The summed E-state index contributed by atoms with van der Waals surface area (Å²) in [7, 11) is 0. The average molecular weight is 245 g/mol. The monoisotopic (exact) mass is 245 g/mol. The van der Waals surface area contributed by atoms with E-state index in [2.05, 4.69) is 35.4 Å². The number of nitrogens with zero attached hydrogens (tertiary/aromatic N) is 2. The van der Waals surface area contributed by atoms with Gasteiger partial charge in [-0.05, 0) is 24.0 Å². The van der Waals surface area contributed by atoms with Crippen LogP contribution in [0.25, 0.3) is 0 Å². The highest BCUT2D eigenvalue weighted by Gasteiger charge is 2.15. The highest BCUT2D eigenvalue weighted by atomic mass is 32.2. The molecule has 0 fully saturated rings. The Morgan fingerprint density at radius 1 is 1.53 bits per heavy atom. The maximum atomic E-state index is 4.18. The molecule has 1 rings (SSSR count). The van der Waals surface area contributed by atoms with Gasteiger partial charge in [0.15, 0.2) is 4.34 Å². The van der Waals surface area contributed by atoms with Gasteiger partial charge in [0.25, 0.3) is 0 Å². The molecule has 1 aromatic heterocycles. The lowest BCUT2D eigenvalue weighted by molar-refractivity contribution is 0.404. The fourth-order valence-corrected chi connectivity index (χ4v) is 3.07. The Morgan fingerprint density at radius 3 is 2.87 bits per heavy atom. The molecule has 1 N–H and O–H groups in total. The van der Waals surface area contributed by atoms with E-state index in [0.717, 1.165) is 16.6 Å². The van der Waals surface area contributed by atoms with Gasteiger partial charge in [-0.3, -0.25) is 0 Å². The van der Waals surface area contributed by atoms with E-state index in [1.54, 1.807) is 18.1 Å². The Kier molecular flexibility index (Phi) is 6.20. The second-order valence-corrected chi connectivity index (χ2v) is 5.62. The van der Waals surface area contributed by atoms with Gasteiger partial charge in [-0.15, -0.1) is 0 Å². The summed E-state index contributed by atoms with van der Waals surface area (Å²) in [5.74, 6) is 1.79.